The third kappa shape index (κ3) is 2.68. The highest BCUT2D eigenvalue weighted by Crippen LogP contribution is 2.00. The molecule has 0 spiro atoms. The van der Waals surface area contributed by atoms with E-state index in [-0.39, 0.29) is 6.61 Å². The van der Waals surface area contributed by atoms with Gasteiger partial charge in [-0.1, -0.05) is 0 Å². The number of hydrogen-bond donors (Lipinski definition) is 1. The van der Waals surface area contributed by atoms with Crippen molar-refractivity contribution in [2.75, 3.05) is 13.2 Å². The van der Waals surface area contributed by atoms with E-state index in [0.29, 0.717) is 0 Å². The number of aliphatic hydroxyl groups excluding tert-OH is 1. The molecule has 68 valence electrons. The molecule has 0 amide bonds. The van der Waals surface area contributed by atoms with Gasteiger partial charge in [0.15, 0.2) is 0 Å². The van der Waals surface area contributed by atoms with E-state index >= 15 is 0 Å². The van der Waals surface area contributed by atoms with E-state index in [4.69, 9.17) is 9.84 Å². The van der Waals surface area contributed by atoms with Crippen molar-refractivity contribution in [3.8, 4) is 0 Å². The smallest absolute Gasteiger partial charge is 0.0696 e. The zero-order valence-electron chi connectivity index (χ0n) is 7.36. The maximum Gasteiger partial charge on any atom is 0.0696 e. The fraction of sp³-hybridized carbons (Fsp3) is 0.556. The second-order valence-corrected chi connectivity index (χ2v) is 2.61. The molecule has 0 aliphatic heterocycles. The first-order valence-electron chi connectivity index (χ1n) is 4.20. The number of hydrogen-bond acceptors (Lipinski definition) is 2. The summed E-state index contributed by atoms with van der Waals surface area (Å²) in [5.74, 6) is 0. The lowest BCUT2D eigenvalue weighted by Crippen LogP contribution is -2.03. The Balaban J connectivity index is 2.31. The van der Waals surface area contributed by atoms with Crippen molar-refractivity contribution in [2.24, 2.45) is 0 Å². The normalized spacial score (nSPS) is 10.5. The van der Waals surface area contributed by atoms with E-state index in [2.05, 4.69) is 0 Å². The molecule has 0 aliphatic carbocycles. The molecule has 0 aromatic carbocycles. The lowest BCUT2D eigenvalue weighted by atomic mass is 10.4. The van der Waals surface area contributed by atoms with Gasteiger partial charge >= 0.3 is 0 Å². The van der Waals surface area contributed by atoms with Crippen LogP contribution in [0.5, 0.6) is 0 Å². The summed E-state index contributed by atoms with van der Waals surface area (Å²) in [6.07, 6.45) is 3.88. The topological polar surface area (TPSA) is 34.4 Å². The minimum Gasteiger partial charge on any atom is -0.392 e. The van der Waals surface area contributed by atoms with Crippen molar-refractivity contribution in [1.29, 1.82) is 0 Å². The molecule has 0 unspecified atom stereocenters. The van der Waals surface area contributed by atoms with Crippen molar-refractivity contribution < 1.29 is 9.84 Å². The van der Waals surface area contributed by atoms with Crippen LogP contribution in [0.3, 0.4) is 0 Å². The van der Waals surface area contributed by atoms with Crippen LogP contribution in [0.1, 0.15) is 12.5 Å². The summed E-state index contributed by atoms with van der Waals surface area (Å²) >= 11 is 0. The first-order valence-corrected chi connectivity index (χ1v) is 4.20. The Morgan fingerprint density at radius 3 is 3.00 bits per heavy atom. The number of rotatable bonds is 5. The summed E-state index contributed by atoms with van der Waals surface area (Å²) in [5, 5.41) is 8.78. The van der Waals surface area contributed by atoms with E-state index in [9.17, 15) is 0 Å². The second-order valence-electron chi connectivity index (χ2n) is 2.61. The third-order valence-corrected chi connectivity index (χ3v) is 1.69. The summed E-state index contributed by atoms with van der Waals surface area (Å²) in [7, 11) is 0. The number of nitrogens with zero attached hydrogens (tertiary/aromatic N) is 1. The fourth-order valence-electron chi connectivity index (χ4n) is 1.04. The molecule has 1 heterocycles. The van der Waals surface area contributed by atoms with Crippen molar-refractivity contribution in [2.45, 2.75) is 20.1 Å². The maximum atomic E-state index is 8.78. The Kier molecular flexibility index (Phi) is 3.84. The average molecular weight is 169 g/mol. The third-order valence-electron chi connectivity index (χ3n) is 1.69. The highest BCUT2D eigenvalue weighted by Gasteiger charge is 1.93. The molecule has 3 nitrogen and oxygen atoms in total. The molecule has 1 N–H and O–H groups in total. The van der Waals surface area contributed by atoms with Crippen molar-refractivity contribution >= 4 is 0 Å². The Hall–Kier alpha value is -0.800. The lowest BCUT2D eigenvalue weighted by molar-refractivity contribution is 0.139. The van der Waals surface area contributed by atoms with Crippen LogP contribution in [0, 0.1) is 0 Å². The summed E-state index contributed by atoms with van der Waals surface area (Å²) in [6, 6.07) is 1.91. The van der Waals surface area contributed by atoms with Gasteiger partial charge in [-0.15, -0.1) is 0 Å². The minimum absolute atomic E-state index is 0.113. The number of aliphatic hydroxyl groups is 1. The van der Waals surface area contributed by atoms with Gasteiger partial charge in [0.2, 0.25) is 0 Å². The Bertz CT molecular complexity index is 220. The number of ether oxygens (including phenoxy) is 1. The Labute approximate surface area is 72.6 Å². The molecule has 0 aliphatic rings. The van der Waals surface area contributed by atoms with Gasteiger partial charge in [0, 0.05) is 25.5 Å². The molecule has 1 aromatic rings. The second kappa shape index (κ2) is 4.95. The van der Waals surface area contributed by atoms with E-state index in [1.807, 2.05) is 30.0 Å². The highest BCUT2D eigenvalue weighted by atomic mass is 16.5. The minimum atomic E-state index is 0.113. The first kappa shape index (κ1) is 9.29. The molecular weight excluding hydrogens is 154 g/mol. The lowest BCUT2D eigenvalue weighted by Gasteiger charge is -2.01. The van der Waals surface area contributed by atoms with Crippen LogP contribution in [-0.2, 0) is 17.9 Å². The molecule has 0 radical (unpaired) electrons. The fourth-order valence-corrected chi connectivity index (χ4v) is 1.04. The molecule has 1 aromatic heterocycles. The molecule has 0 saturated heterocycles. The van der Waals surface area contributed by atoms with Crippen molar-refractivity contribution in [3.05, 3.63) is 24.0 Å². The van der Waals surface area contributed by atoms with Crippen LogP contribution < -0.4 is 0 Å². The van der Waals surface area contributed by atoms with Gasteiger partial charge in [0.1, 0.15) is 0 Å². The van der Waals surface area contributed by atoms with Gasteiger partial charge in [-0.05, 0) is 18.6 Å². The van der Waals surface area contributed by atoms with E-state index < -0.39 is 0 Å². The zero-order chi connectivity index (χ0) is 8.81. The van der Waals surface area contributed by atoms with Crippen molar-refractivity contribution in [3.63, 3.8) is 0 Å². The van der Waals surface area contributed by atoms with Gasteiger partial charge in [-0.2, -0.15) is 0 Å². The first-order chi connectivity index (χ1) is 5.86. The molecule has 0 saturated carbocycles. The summed E-state index contributed by atoms with van der Waals surface area (Å²) < 4.78 is 7.21. The predicted molar refractivity (Wildman–Crippen MR) is 46.8 cm³/mol. The monoisotopic (exact) mass is 169 g/mol. The van der Waals surface area contributed by atoms with Gasteiger partial charge in [0.05, 0.1) is 13.2 Å². The largest absolute Gasteiger partial charge is 0.392 e. The standard InChI is InChI=1S/C9H15NO2/c1-2-12-6-5-10-4-3-9(7-10)8-11/h3-4,7,11H,2,5-6,8H2,1H3. The molecular formula is C9H15NO2. The van der Waals surface area contributed by atoms with Crippen LogP contribution in [0.4, 0.5) is 0 Å². The predicted octanol–water partition coefficient (Wildman–Crippen LogP) is 1.02. The quantitative estimate of drug-likeness (QED) is 0.668. The van der Waals surface area contributed by atoms with Gasteiger partial charge < -0.3 is 14.4 Å². The van der Waals surface area contributed by atoms with Gasteiger partial charge in [0.25, 0.3) is 0 Å². The molecule has 12 heavy (non-hydrogen) atoms. The van der Waals surface area contributed by atoms with E-state index in [1.54, 1.807) is 0 Å². The van der Waals surface area contributed by atoms with E-state index in [1.165, 1.54) is 0 Å². The number of aromatic nitrogens is 1. The summed E-state index contributed by atoms with van der Waals surface area (Å²) in [6.45, 7) is 4.44. The van der Waals surface area contributed by atoms with Crippen LogP contribution in [0.25, 0.3) is 0 Å². The van der Waals surface area contributed by atoms with Gasteiger partial charge in [-0.3, -0.25) is 0 Å². The summed E-state index contributed by atoms with van der Waals surface area (Å²) in [4.78, 5) is 0. The summed E-state index contributed by atoms with van der Waals surface area (Å²) in [5.41, 5.74) is 0.950. The van der Waals surface area contributed by atoms with Crippen LogP contribution in [0.15, 0.2) is 18.5 Å². The maximum absolute atomic E-state index is 8.78. The van der Waals surface area contributed by atoms with E-state index in [0.717, 1.165) is 25.3 Å². The molecule has 1 rings (SSSR count). The molecule has 0 fully saturated rings. The zero-order valence-corrected chi connectivity index (χ0v) is 7.36. The van der Waals surface area contributed by atoms with Gasteiger partial charge in [-0.25, -0.2) is 0 Å². The SMILES string of the molecule is CCOCCn1ccc(CO)c1. The van der Waals surface area contributed by atoms with Crippen LogP contribution >= 0.6 is 0 Å². The molecule has 0 bridgehead atoms. The molecule has 0 atom stereocenters. The Morgan fingerprint density at radius 1 is 1.58 bits per heavy atom. The van der Waals surface area contributed by atoms with Crippen molar-refractivity contribution in [1.82, 2.24) is 4.57 Å². The van der Waals surface area contributed by atoms with Crippen LogP contribution in [-0.4, -0.2) is 22.9 Å². The Morgan fingerprint density at radius 2 is 2.42 bits per heavy atom. The molecule has 3 heteroatoms. The van der Waals surface area contributed by atoms with Crippen LogP contribution in [0.2, 0.25) is 0 Å². The highest BCUT2D eigenvalue weighted by molar-refractivity contribution is 5.08. The average Bonchev–Trinajstić information content (AvgIpc) is 2.53.